The number of carbonyl (C=O) groups excluding carboxylic acids is 2. The van der Waals surface area contributed by atoms with Gasteiger partial charge in [0.05, 0.1) is 16.6 Å². The molecule has 2 N–H and O–H groups in total. The Morgan fingerprint density at radius 2 is 1.64 bits per heavy atom. The number of amides is 2. The van der Waals surface area contributed by atoms with Crippen molar-refractivity contribution in [2.75, 3.05) is 44.6 Å². The first-order chi connectivity index (χ1) is 17.3. The maximum absolute atomic E-state index is 13.0. The molecule has 0 aromatic heterocycles. The first kappa shape index (κ1) is 25.1. The van der Waals surface area contributed by atoms with Gasteiger partial charge in [-0.25, -0.2) is 0 Å². The molecule has 8 heteroatoms. The van der Waals surface area contributed by atoms with Crippen LogP contribution in [-0.4, -0.2) is 83.0 Å². The molecular formula is C28H35ClN4O3. The SMILES string of the molecule is C[C@@](O)(C(=O)N1CCC(N2CC(Nc3ccc(C(=O)N4CCCC4)c(Cl)c3)C2)CC1)c1ccccc1. The summed E-state index contributed by atoms with van der Waals surface area (Å²) in [6, 6.07) is 15.6. The first-order valence-electron chi connectivity index (χ1n) is 13.0. The smallest absolute Gasteiger partial charge is 0.258 e. The molecular weight excluding hydrogens is 476 g/mol. The summed E-state index contributed by atoms with van der Waals surface area (Å²) in [6.07, 6.45) is 3.93. The molecule has 1 atom stereocenters. The van der Waals surface area contributed by atoms with E-state index in [2.05, 4.69) is 10.2 Å². The molecule has 0 radical (unpaired) electrons. The van der Waals surface area contributed by atoms with E-state index in [9.17, 15) is 14.7 Å². The van der Waals surface area contributed by atoms with Crippen LogP contribution in [0.1, 0.15) is 48.5 Å². The van der Waals surface area contributed by atoms with Gasteiger partial charge in [-0.1, -0.05) is 41.9 Å². The molecule has 3 aliphatic heterocycles. The summed E-state index contributed by atoms with van der Waals surface area (Å²) in [6.45, 7) is 6.40. The summed E-state index contributed by atoms with van der Waals surface area (Å²) in [5, 5.41) is 14.9. The van der Waals surface area contributed by atoms with E-state index in [0.717, 1.165) is 57.5 Å². The van der Waals surface area contributed by atoms with Gasteiger partial charge in [-0.2, -0.15) is 0 Å². The lowest BCUT2D eigenvalue weighted by Gasteiger charge is -2.48. The van der Waals surface area contributed by atoms with E-state index in [1.807, 2.05) is 41.3 Å². The second-order valence-corrected chi connectivity index (χ2v) is 10.9. The molecule has 2 aromatic carbocycles. The molecule has 0 bridgehead atoms. The molecule has 3 saturated heterocycles. The predicted octanol–water partition coefficient (Wildman–Crippen LogP) is 3.57. The second-order valence-electron chi connectivity index (χ2n) is 10.5. The highest BCUT2D eigenvalue weighted by molar-refractivity contribution is 6.34. The number of carbonyl (C=O) groups is 2. The third-order valence-corrected chi connectivity index (χ3v) is 8.21. The van der Waals surface area contributed by atoms with Crippen LogP contribution in [-0.2, 0) is 10.4 Å². The molecule has 0 spiro atoms. The van der Waals surface area contributed by atoms with E-state index < -0.39 is 5.60 Å². The van der Waals surface area contributed by atoms with Crippen molar-refractivity contribution in [2.24, 2.45) is 0 Å². The molecule has 5 rings (SSSR count). The lowest BCUT2D eigenvalue weighted by molar-refractivity contribution is -0.152. The molecule has 3 fully saturated rings. The zero-order valence-corrected chi connectivity index (χ0v) is 21.6. The number of halogens is 1. The van der Waals surface area contributed by atoms with Crippen LogP contribution in [0.3, 0.4) is 0 Å². The standard InChI is InChI=1S/C28H35ClN4O3/c1-28(36,20-7-3-2-4-8-20)27(35)32-15-11-23(12-16-32)33-18-22(19-33)30-21-9-10-24(25(29)17-21)26(34)31-13-5-6-14-31/h2-4,7-10,17,22-23,30,36H,5-6,11-16,18-19H2,1H3/t28-/m0/s1. The van der Waals surface area contributed by atoms with Crippen LogP contribution in [0.4, 0.5) is 5.69 Å². The number of aliphatic hydroxyl groups is 1. The Kier molecular flexibility index (Phi) is 7.24. The molecule has 0 saturated carbocycles. The Morgan fingerprint density at radius 1 is 0.972 bits per heavy atom. The molecule has 0 aliphatic carbocycles. The van der Waals surface area contributed by atoms with Crippen LogP contribution in [0.2, 0.25) is 5.02 Å². The fraction of sp³-hybridized carbons (Fsp3) is 0.500. The van der Waals surface area contributed by atoms with Gasteiger partial charge in [0, 0.05) is 51.0 Å². The lowest BCUT2D eigenvalue weighted by Crippen LogP contribution is -2.61. The van der Waals surface area contributed by atoms with Crippen molar-refractivity contribution in [3.63, 3.8) is 0 Å². The second kappa shape index (κ2) is 10.4. The van der Waals surface area contributed by atoms with Gasteiger partial charge >= 0.3 is 0 Å². The summed E-state index contributed by atoms with van der Waals surface area (Å²) >= 11 is 6.46. The summed E-state index contributed by atoms with van der Waals surface area (Å²) in [7, 11) is 0. The maximum Gasteiger partial charge on any atom is 0.258 e. The highest BCUT2D eigenvalue weighted by atomic mass is 35.5. The zero-order chi connectivity index (χ0) is 25.3. The zero-order valence-electron chi connectivity index (χ0n) is 20.8. The molecule has 2 amide bonds. The summed E-state index contributed by atoms with van der Waals surface area (Å²) in [5.41, 5.74) is 0.635. The van der Waals surface area contributed by atoms with Gasteiger partial charge in [0.25, 0.3) is 11.8 Å². The van der Waals surface area contributed by atoms with Crippen LogP contribution >= 0.6 is 11.6 Å². The molecule has 36 heavy (non-hydrogen) atoms. The summed E-state index contributed by atoms with van der Waals surface area (Å²) in [5.74, 6) is -0.201. The van der Waals surface area contributed by atoms with Crippen LogP contribution in [0.15, 0.2) is 48.5 Å². The molecule has 3 aliphatic rings. The van der Waals surface area contributed by atoms with Gasteiger partial charge in [-0.15, -0.1) is 0 Å². The average molecular weight is 511 g/mol. The quantitative estimate of drug-likeness (QED) is 0.621. The Hall–Kier alpha value is -2.61. The highest BCUT2D eigenvalue weighted by Crippen LogP contribution is 2.29. The van der Waals surface area contributed by atoms with Crippen LogP contribution in [0, 0.1) is 0 Å². The van der Waals surface area contributed by atoms with Gasteiger partial charge < -0.3 is 20.2 Å². The molecule has 192 valence electrons. The minimum atomic E-state index is -1.50. The Labute approximate surface area is 218 Å². The fourth-order valence-electron chi connectivity index (χ4n) is 5.63. The Morgan fingerprint density at radius 3 is 2.28 bits per heavy atom. The number of rotatable bonds is 6. The monoisotopic (exact) mass is 510 g/mol. The van der Waals surface area contributed by atoms with Gasteiger partial charge in [-0.05, 0) is 56.4 Å². The average Bonchev–Trinajstić information content (AvgIpc) is 3.41. The van der Waals surface area contributed by atoms with Crippen molar-refractivity contribution in [3.05, 3.63) is 64.7 Å². The van der Waals surface area contributed by atoms with E-state index in [0.29, 0.717) is 41.3 Å². The van der Waals surface area contributed by atoms with Crippen LogP contribution < -0.4 is 5.32 Å². The number of hydrogen-bond donors (Lipinski definition) is 2. The summed E-state index contributed by atoms with van der Waals surface area (Å²) < 4.78 is 0. The largest absolute Gasteiger partial charge is 0.380 e. The number of benzene rings is 2. The summed E-state index contributed by atoms with van der Waals surface area (Å²) in [4.78, 5) is 31.8. The Balaban J connectivity index is 1.08. The van der Waals surface area contributed by atoms with Crippen LogP contribution in [0.25, 0.3) is 0 Å². The maximum atomic E-state index is 13.0. The van der Waals surface area contributed by atoms with Crippen LogP contribution in [0.5, 0.6) is 0 Å². The first-order valence-corrected chi connectivity index (χ1v) is 13.4. The van der Waals surface area contributed by atoms with E-state index in [1.165, 1.54) is 0 Å². The van der Waals surface area contributed by atoms with Crippen molar-refractivity contribution >= 4 is 29.1 Å². The number of nitrogens with zero attached hydrogens (tertiary/aromatic N) is 3. The third kappa shape index (κ3) is 5.10. The number of nitrogens with one attached hydrogen (secondary N) is 1. The van der Waals surface area contributed by atoms with Crippen molar-refractivity contribution in [1.29, 1.82) is 0 Å². The van der Waals surface area contributed by atoms with Crippen molar-refractivity contribution in [1.82, 2.24) is 14.7 Å². The highest BCUT2D eigenvalue weighted by Gasteiger charge is 2.40. The van der Waals surface area contributed by atoms with E-state index in [4.69, 9.17) is 11.6 Å². The molecule has 7 nitrogen and oxygen atoms in total. The topological polar surface area (TPSA) is 76.1 Å². The number of hydrogen-bond acceptors (Lipinski definition) is 5. The number of anilines is 1. The van der Waals surface area contributed by atoms with Crippen molar-refractivity contribution < 1.29 is 14.7 Å². The number of likely N-dealkylation sites (tertiary alicyclic amines) is 3. The molecule has 2 aromatic rings. The normalized spacial score (nSPS) is 21.2. The molecule has 3 heterocycles. The van der Waals surface area contributed by atoms with Gasteiger partial charge in [0.1, 0.15) is 0 Å². The predicted molar refractivity (Wildman–Crippen MR) is 141 cm³/mol. The fourth-order valence-corrected chi connectivity index (χ4v) is 5.90. The van der Waals surface area contributed by atoms with Gasteiger partial charge in [-0.3, -0.25) is 14.5 Å². The minimum absolute atomic E-state index is 0.0222. The number of piperidine rings is 1. The third-order valence-electron chi connectivity index (χ3n) is 7.89. The van der Waals surface area contributed by atoms with Crippen molar-refractivity contribution in [3.8, 4) is 0 Å². The Bertz CT molecular complexity index is 1090. The van der Waals surface area contributed by atoms with Gasteiger partial charge in [0.2, 0.25) is 0 Å². The van der Waals surface area contributed by atoms with E-state index >= 15 is 0 Å². The lowest BCUT2D eigenvalue weighted by atomic mass is 9.92. The molecule has 0 unspecified atom stereocenters. The van der Waals surface area contributed by atoms with Gasteiger partial charge in [0.15, 0.2) is 5.60 Å². The van der Waals surface area contributed by atoms with E-state index in [-0.39, 0.29) is 11.8 Å². The van der Waals surface area contributed by atoms with Crippen molar-refractivity contribution in [2.45, 2.75) is 50.3 Å². The van der Waals surface area contributed by atoms with E-state index in [1.54, 1.807) is 24.0 Å². The minimum Gasteiger partial charge on any atom is -0.380 e.